The maximum absolute atomic E-state index is 12.9. The van der Waals surface area contributed by atoms with Crippen LogP contribution in [0.1, 0.15) is 186 Å². The first-order chi connectivity index (χ1) is 55.8. The largest absolute Gasteiger partial charge is 0.494 e. The predicted molar refractivity (Wildman–Crippen MR) is 455 cm³/mol. The molecule has 114 heavy (non-hydrogen) atoms. The number of carbonyl (C=O) groups excluding carboxylic acids is 3. The maximum atomic E-state index is 12.9. The summed E-state index contributed by atoms with van der Waals surface area (Å²) in [6, 6.07) is 41.3. The smallest absolute Gasteiger partial charge is 0.410 e. The average molecular weight is 1610 g/mol. The standard InChI is InChI=1S/C31H41ClN4O3.C31H40ClN3O3.C29H33ClN4O3/c1-3-38-31(37)36-16-14-26-27-22-24(32)10-13-28(27)33-29(26)30(36)23-8-11-25(12-9-23)39-21-7-5-4-6-15-35-19-17-34(2)18-20-35;1-2-37-31(36)35-20-16-26-27-22-24(32)12-15-28(27)33-29(26)30(35)23-10-13-25(14-11-23)38-21-9-4-3-6-17-34-18-7-5-8-19-34;1-2-36-29(35)34-16-13-24-25-19-22(30)9-12-26(25)32-27(24)28(34)21-7-10-23(11-8-21)37-18-6-4-3-5-15-33-17-14-31-20-33/h8-13,22,30,33H,3-7,14-21H2,1-2H3;10-15,22,30,33H,2-9,16-21H2,1H3;7-12,14,17,19-20,28,32H,2-6,13,15-16,18H2,1H3. The zero-order chi connectivity index (χ0) is 79.1. The van der Waals surface area contributed by atoms with Crippen LogP contribution in [0.15, 0.2) is 146 Å². The highest BCUT2D eigenvalue weighted by Gasteiger charge is 2.39. The molecule has 0 saturated carbocycles. The number of aryl methyl sites for hydroxylation is 1. The van der Waals surface area contributed by atoms with E-state index in [-0.39, 0.29) is 36.4 Å². The van der Waals surface area contributed by atoms with Gasteiger partial charge in [0, 0.05) is 130 Å². The molecule has 0 radical (unpaired) electrons. The van der Waals surface area contributed by atoms with Gasteiger partial charge in [-0.15, -0.1) is 0 Å². The SMILES string of the molecule is CCOC(=O)N1CCc2c([nH]c3ccc(Cl)cc23)C1c1ccc(OCCCCCCN2CCCCC2)cc1.CCOC(=O)N1CCc2c([nH]c3ccc(Cl)cc23)C1c1ccc(OCCCCCCN2CCN(C)CC2)cc1.CCOC(=O)N1CCc2c([nH]c3ccc(Cl)cc23)C1c1ccc(OCCCCCCn2ccnc2)cc1. The fraction of sp³-hybridized carbons (Fsp3) is 0.473. The van der Waals surface area contributed by atoms with Gasteiger partial charge in [0.25, 0.3) is 0 Å². The van der Waals surface area contributed by atoms with Crippen LogP contribution in [0.3, 0.4) is 0 Å². The van der Waals surface area contributed by atoms with Crippen molar-refractivity contribution in [2.45, 2.75) is 161 Å². The van der Waals surface area contributed by atoms with Crippen molar-refractivity contribution in [1.29, 1.82) is 0 Å². The van der Waals surface area contributed by atoms with E-state index in [0.717, 1.165) is 155 Å². The molecule has 608 valence electrons. The highest BCUT2D eigenvalue weighted by atomic mass is 35.5. The van der Waals surface area contributed by atoms with Gasteiger partial charge in [-0.2, -0.15) is 0 Å². The summed E-state index contributed by atoms with van der Waals surface area (Å²) in [5.41, 5.74) is 12.9. The Morgan fingerprint density at radius 3 is 1.09 bits per heavy atom. The molecule has 0 bridgehead atoms. The van der Waals surface area contributed by atoms with E-state index >= 15 is 0 Å². The number of likely N-dealkylation sites (tertiary alicyclic amines) is 1. The number of hydrogen-bond donors (Lipinski definition) is 3. The highest BCUT2D eigenvalue weighted by molar-refractivity contribution is 6.32. The molecule has 5 aliphatic rings. The van der Waals surface area contributed by atoms with Crippen LogP contribution >= 0.6 is 34.8 Å². The summed E-state index contributed by atoms with van der Waals surface area (Å²) in [5, 5.41) is 5.49. The Kier molecular flexibility index (Phi) is 30.3. The Morgan fingerprint density at radius 2 is 0.746 bits per heavy atom. The van der Waals surface area contributed by atoms with Crippen molar-refractivity contribution in [3.05, 3.63) is 212 Å². The third kappa shape index (κ3) is 21.6. The van der Waals surface area contributed by atoms with Gasteiger partial charge in [0.05, 0.1) is 46.0 Å². The molecule has 20 nitrogen and oxygen atoms in total. The summed E-state index contributed by atoms with van der Waals surface area (Å²) < 4.78 is 36.5. The molecule has 4 aromatic heterocycles. The Balaban J connectivity index is 0.000000149. The lowest BCUT2D eigenvalue weighted by atomic mass is 9.92. The normalized spacial score (nSPS) is 17.1. The predicted octanol–water partition coefficient (Wildman–Crippen LogP) is 20.2. The number of carbonyl (C=O) groups is 3. The number of halogens is 3. The van der Waals surface area contributed by atoms with E-state index in [1.165, 1.54) is 133 Å². The van der Waals surface area contributed by atoms with Crippen molar-refractivity contribution >= 4 is 85.8 Å². The molecular weight excluding hydrogens is 1500 g/mol. The minimum atomic E-state index is -0.303. The van der Waals surface area contributed by atoms with Gasteiger partial charge >= 0.3 is 18.3 Å². The fourth-order valence-electron chi connectivity index (χ4n) is 16.8. The minimum absolute atomic E-state index is 0.252. The topological polar surface area (TPSA) is 191 Å². The molecule has 10 aromatic rings. The molecule has 15 rings (SSSR count). The van der Waals surface area contributed by atoms with Gasteiger partial charge in [-0.25, -0.2) is 19.4 Å². The number of hydrogen-bond acceptors (Lipinski definition) is 13. The molecule has 3 amide bonds. The molecule has 0 aliphatic carbocycles. The van der Waals surface area contributed by atoms with Gasteiger partial charge in [-0.05, 0) is 249 Å². The molecule has 6 aromatic carbocycles. The number of benzene rings is 6. The Labute approximate surface area is 686 Å². The number of rotatable bonds is 30. The number of aromatic nitrogens is 5. The Morgan fingerprint density at radius 1 is 0.404 bits per heavy atom. The molecule has 23 heteroatoms. The Bertz CT molecular complexity index is 4690. The first-order valence-electron chi connectivity index (χ1n) is 41.8. The molecule has 3 N–H and O–H groups in total. The van der Waals surface area contributed by atoms with Crippen molar-refractivity contribution < 1.29 is 42.8 Å². The minimum Gasteiger partial charge on any atom is -0.494 e. The zero-order valence-corrected chi connectivity index (χ0v) is 69.2. The number of ether oxygens (including phenoxy) is 6. The molecule has 2 saturated heterocycles. The van der Waals surface area contributed by atoms with E-state index in [9.17, 15) is 14.4 Å². The van der Waals surface area contributed by atoms with E-state index in [4.69, 9.17) is 63.2 Å². The molecule has 9 heterocycles. The lowest BCUT2D eigenvalue weighted by Gasteiger charge is -2.35. The monoisotopic (exact) mass is 1610 g/mol. The molecule has 2 fully saturated rings. The second kappa shape index (κ2) is 41.6. The summed E-state index contributed by atoms with van der Waals surface area (Å²) >= 11 is 18.9. The molecule has 3 atom stereocenters. The van der Waals surface area contributed by atoms with E-state index in [2.05, 4.69) is 70.5 Å². The third-order valence-corrected chi connectivity index (χ3v) is 23.5. The fourth-order valence-corrected chi connectivity index (χ4v) is 17.4. The number of amides is 3. The lowest BCUT2D eigenvalue weighted by Crippen LogP contribution is -2.44. The number of H-pyrrole nitrogens is 3. The maximum Gasteiger partial charge on any atom is 0.410 e. The number of likely N-dealkylation sites (N-methyl/N-ethyl adjacent to an activating group) is 1. The van der Waals surface area contributed by atoms with Crippen molar-refractivity contribution in [1.82, 2.24) is 53.9 Å². The van der Waals surface area contributed by atoms with Gasteiger partial charge in [-0.1, -0.05) is 116 Å². The number of imidazole rings is 1. The van der Waals surface area contributed by atoms with Crippen LogP contribution in [0.25, 0.3) is 32.7 Å². The summed E-state index contributed by atoms with van der Waals surface area (Å²) in [7, 11) is 2.20. The molecule has 3 unspecified atom stereocenters. The van der Waals surface area contributed by atoms with Crippen LogP contribution in [-0.4, -0.2) is 191 Å². The number of aromatic amines is 3. The molecule has 5 aliphatic heterocycles. The lowest BCUT2D eigenvalue weighted by molar-refractivity contribution is 0.0924. The quantitative estimate of drug-likeness (QED) is 0.0285. The first kappa shape index (κ1) is 83.1. The summed E-state index contributed by atoms with van der Waals surface area (Å²) in [4.78, 5) is 66.5. The third-order valence-electron chi connectivity index (χ3n) is 22.8. The van der Waals surface area contributed by atoms with Crippen LogP contribution < -0.4 is 14.2 Å². The van der Waals surface area contributed by atoms with Crippen LogP contribution in [0, 0.1) is 0 Å². The number of nitrogens with one attached hydrogen (secondary N) is 3. The number of unbranched alkanes of at least 4 members (excludes halogenated alkanes) is 9. The molecule has 0 spiro atoms. The van der Waals surface area contributed by atoms with Crippen LogP contribution in [0.2, 0.25) is 15.1 Å². The van der Waals surface area contributed by atoms with Crippen molar-refractivity contribution in [2.24, 2.45) is 0 Å². The second-order valence-electron chi connectivity index (χ2n) is 30.6. The summed E-state index contributed by atoms with van der Waals surface area (Å²) in [6.07, 6.45) is 25.2. The van der Waals surface area contributed by atoms with E-state index in [1.54, 1.807) is 0 Å². The molecular formula is C91H114Cl3N11O9. The van der Waals surface area contributed by atoms with Crippen molar-refractivity contribution in [3.63, 3.8) is 0 Å². The van der Waals surface area contributed by atoms with E-state index in [1.807, 2.05) is 157 Å². The van der Waals surface area contributed by atoms with Crippen molar-refractivity contribution in [3.8, 4) is 17.2 Å². The number of piperazine rings is 1. The van der Waals surface area contributed by atoms with Crippen molar-refractivity contribution in [2.75, 3.05) is 119 Å². The van der Waals surface area contributed by atoms with Gasteiger partial charge in [0.15, 0.2) is 0 Å². The van der Waals surface area contributed by atoms with Gasteiger partial charge < -0.3 is 62.6 Å². The zero-order valence-electron chi connectivity index (χ0n) is 66.9. The number of piperidine rings is 1. The number of fused-ring (bicyclic) bond motifs is 9. The van der Waals surface area contributed by atoms with E-state index < -0.39 is 0 Å². The van der Waals surface area contributed by atoms with E-state index in [0.29, 0.717) is 61.1 Å². The summed E-state index contributed by atoms with van der Waals surface area (Å²) in [6.45, 7) is 21.3. The number of nitrogens with zero attached hydrogens (tertiary/aromatic N) is 8. The van der Waals surface area contributed by atoms with Gasteiger partial charge in [0.1, 0.15) is 35.4 Å². The average Bonchev–Trinajstić information content (AvgIpc) is 1.60. The second-order valence-corrected chi connectivity index (χ2v) is 31.9. The summed E-state index contributed by atoms with van der Waals surface area (Å²) in [5.74, 6) is 2.56. The highest BCUT2D eigenvalue weighted by Crippen LogP contribution is 2.44. The van der Waals surface area contributed by atoms with Crippen LogP contribution in [0.5, 0.6) is 17.2 Å². The Hall–Kier alpha value is -8.89. The first-order valence-corrected chi connectivity index (χ1v) is 42.9. The van der Waals surface area contributed by atoms with Crippen LogP contribution in [0.4, 0.5) is 14.4 Å². The van der Waals surface area contributed by atoms with Gasteiger partial charge in [-0.3, -0.25) is 14.7 Å². The van der Waals surface area contributed by atoms with Crippen LogP contribution in [-0.2, 0) is 40.0 Å². The van der Waals surface area contributed by atoms with Gasteiger partial charge in [0.2, 0.25) is 0 Å².